The molecule has 0 aliphatic carbocycles. The Morgan fingerprint density at radius 2 is 1.92 bits per heavy atom. The molecule has 2 aromatic rings. The van der Waals surface area contributed by atoms with E-state index in [0.717, 1.165) is 17.8 Å². The van der Waals surface area contributed by atoms with Gasteiger partial charge in [0.2, 0.25) is 0 Å². The van der Waals surface area contributed by atoms with Crippen molar-refractivity contribution in [3.8, 4) is 11.3 Å². The summed E-state index contributed by atoms with van der Waals surface area (Å²) in [5.74, 6) is 0.573. The van der Waals surface area contributed by atoms with Gasteiger partial charge < -0.3 is 15.2 Å². The maximum Gasteiger partial charge on any atom is 0.267 e. The summed E-state index contributed by atoms with van der Waals surface area (Å²) in [5.41, 5.74) is 2.34. The number of hydrogen-bond acceptors (Lipinski definition) is 2. The molecule has 3 saturated heterocycles. The maximum atomic E-state index is 12.5. The van der Waals surface area contributed by atoms with E-state index in [2.05, 4.69) is 15.2 Å². The highest BCUT2D eigenvalue weighted by Crippen LogP contribution is 2.29. The second-order valence-electron chi connectivity index (χ2n) is 6.63. The second-order valence-corrected chi connectivity index (χ2v) is 7.45. The number of carbonyl (C=O) groups is 1. The molecule has 0 radical (unpaired) electrons. The molecule has 126 valence electrons. The van der Waals surface area contributed by atoms with Gasteiger partial charge in [-0.3, -0.25) is 4.79 Å². The molecule has 4 heterocycles. The highest BCUT2D eigenvalue weighted by Gasteiger charge is 2.35. The number of H-pyrrole nitrogens is 1. The third-order valence-electron chi connectivity index (χ3n) is 5.13. The van der Waals surface area contributed by atoms with Gasteiger partial charge in [-0.05, 0) is 61.7 Å². The van der Waals surface area contributed by atoms with E-state index >= 15 is 0 Å². The van der Waals surface area contributed by atoms with E-state index in [1.54, 1.807) is 12.1 Å². The minimum atomic E-state index is -0.0416. The van der Waals surface area contributed by atoms with Crippen molar-refractivity contribution in [2.45, 2.75) is 18.9 Å². The van der Waals surface area contributed by atoms with Crippen LogP contribution in [-0.4, -0.2) is 41.5 Å². The van der Waals surface area contributed by atoms with Crippen LogP contribution < -0.4 is 5.32 Å². The quantitative estimate of drug-likeness (QED) is 0.870. The van der Waals surface area contributed by atoms with Crippen molar-refractivity contribution in [3.05, 3.63) is 46.1 Å². The fraction of sp³-hybridized carbons (Fsp3) is 0.389. The Bertz CT molecular complexity index is 765. The predicted molar refractivity (Wildman–Crippen MR) is 96.7 cm³/mol. The first kappa shape index (κ1) is 16.0. The summed E-state index contributed by atoms with van der Waals surface area (Å²) in [6, 6.07) is 9.41. The van der Waals surface area contributed by atoms with Crippen molar-refractivity contribution in [3.63, 3.8) is 0 Å². The van der Waals surface area contributed by atoms with Crippen LogP contribution in [0.2, 0.25) is 10.0 Å². The van der Waals surface area contributed by atoms with Crippen LogP contribution in [-0.2, 0) is 0 Å². The first-order valence-electron chi connectivity index (χ1n) is 8.28. The standard InChI is InChI=1S/C18H19Cl2N3O/c19-13-2-1-12(9-14(13)20)15-3-4-16(21-15)18(24)22-17-10-23-7-5-11(17)6-8-23/h1-4,9,11,17,21H,5-8,10H2,(H,22,24). The Labute approximate surface area is 151 Å². The molecule has 0 spiro atoms. The highest BCUT2D eigenvalue weighted by atomic mass is 35.5. The number of amides is 1. The van der Waals surface area contributed by atoms with Gasteiger partial charge in [-0.15, -0.1) is 0 Å². The average Bonchev–Trinajstić information content (AvgIpc) is 3.09. The second kappa shape index (κ2) is 6.43. The first-order chi connectivity index (χ1) is 11.6. The SMILES string of the molecule is O=C(NC1CN2CCC1CC2)c1ccc(-c2ccc(Cl)c(Cl)c2)[nH]1. The van der Waals surface area contributed by atoms with Gasteiger partial charge in [-0.2, -0.15) is 0 Å². The van der Waals surface area contributed by atoms with Crippen molar-refractivity contribution in [2.24, 2.45) is 5.92 Å². The molecule has 5 rings (SSSR count). The lowest BCUT2D eigenvalue weighted by atomic mass is 9.84. The van der Waals surface area contributed by atoms with E-state index in [1.165, 1.54) is 25.9 Å². The number of fused-ring (bicyclic) bond motifs is 3. The van der Waals surface area contributed by atoms with Crippen molar-refractivity contribution >= 4 is 29.1 Å². The normalized spacial score (nSPS) is 25.7. The summed E-state index contributed by atoms with van der Waals surface area (Å²) in [4.78, 5) is 18.2. The average molecular weight is 364 g/mol. The molecule has 1 aromatic heterocycles. The van der Waals surface area contributed by atoms with E-state index in [-0.39, 0.29) is 11.9 Å². The van der Waals surface area contributed by atoms with E-state index in [9.17, 15) is 4.79 Å². The maximum absolute atomic E-state index is 12.5. The monoisotopic (exact) mass is 363 g/mol. The van der Waals surface area contributed by atoms with Crippen LogP contribution in [0, 0.1) is 5.92 Å². The smallest absolute Gasteiger partial charge is 0.267 e. The van der Waals surface area contributed by atoms with E-state index in [1.807, 2.05) is 18.2 Å². The largest absolute Gasteiger partial charge is 0.351 e. The molecule has 3 fully saturated rings. The topological polar surface area (TPSA) is 48.1 Å². The van der Waals surface area contributed by atoms with Gasteiger partial charge in [-0.1, -0.05) is 29.3 Å². The van der Waals surface area contributed by atoms with Gasteiger partial charge in [0.25, 0.3) is 5.91 Å². The fourth-order valence-electron chi connectivity index (χ4n) is 3.73. The zero-order valence-electron chi connectivity index (χ0n) is 13.2. The molecule has 1 amide bonds. The number of nitrogens with zero attached hydrogens (tertiary/aromatic N) is 1. The molecular formula is C18H19Cl2N3O. The zero-order valence-corrected chi connectivity index (χ0v) is 14.7. The molecule has 3 aliphatic rings. The van der Waals surface area contributed by atoms with Crippen molar-refractivity contribution in [1.82, 2.24) is 15.2 Å². The number of aromatic nitrogens is 1. The summed E-state index contributed by atoms with van der Waals surface area (Å²) in [5, 5.41) is 4.22. The molecule has 1 aromatic carbocycles. The van der Waals surface area contributed by atoms with Crippen molar-refractivity contribution in [2.75, 3.05) is 19.6 Å². The highest BCUT2D eigenvalue weighted by molar-refractivity contribution is 6.42. The van der Waals surface area contributed by atoms with Gasteiger partial charge in [0.1, 0.15) is 5.69 Å². The third kappa shape index (κ3) is 3.06. The Morgan fingerprint density at radius 1 is 1.12 bits per heavy atom. The van der Waals surface area contributed by atoms with Crippen LogP contribution in [0.4, 0.5) is 0 Å². The Kier molecular flexibility index (Phi) is 4.29. The minimum absolute atomic E-state index is 0.0416. The van der Waals surface area contributed by atoms with Gasteiger partial charge in [0, 0.05) is 18.3 Å². The van der Waals surface area contributed by atoms with E-state index in [4.69, 9.17) is 23.2 Å². The molecule has 0 saturated carbocycles. The lowest BCUT2D eigenvalue weighted by Gasteiger charge is -2.44. The van der Waals surface area contributed by atoms with E-state index < -0.39 is 0 Å². The number of piperidine rings is 3. The Morgan fingerprint density at radius 3 is 2.58 bits per heavy atom. The number of carbonyl (C=O) groups excluding carboxylic acids is 1. The van der Waals surface area contributed by atoms with Crippen LogP contribution >= 0.6 is 23.2 Å². The summed E-state index contributed by atoms with van der Waals surface area (Å²) >= 11 is 12.0. The fourth-order valence-corrected chi connectivity index (χ4v) is 4.03. The summed E-state index contributed by atoms with van der Waals surface area (Å²) in [6.07, 6.45) is 2.37. The predicted octanol–water partition coefficient (Wildman–Crippen LogP) is 3.81. The zero-order chi connectivity index (χ0) is 16.7. The van der Waals surface area contributed by atoms with Crippen LogP contribution in [0.1, 0.15) is 23.3 Å². The molecular weight excluding hydrogens is 345 g/mol. The number of nitrogens with one attached hydrogen (secondary N) is 2. The van der Waals surface area contributed by atoms with Crippen LogP contribution in [0.25, 0.3) is 11.3 Å². The van der Waals surface area contributed by atoms with Crippen LogP contribution in [0.3, 0.4) is 0 Å². The lowest BCUT2D eigenvalue weighted by molar-refractivity contribution is 0.0618. The number of rotatable bonds is 3. The van der Waals surface area contributed by atoms with Crippen molar-refractivity contribution in [1.29, 1.82) is 0 Å². The van der Waals surface area contributed by atoms with E-state index in [0.29, 0.717) is 21.7 Å². The van der Waals surface area contributed by atoms with Gasteiger partial charge in [0.05, 0.1) is 10.0 Å². The molecule has 4 nitrogen and oxygen atoms in total. The molecule has 3 aliphatic heterocycles. The van der Waals surface area contributed by atoms with Crippen LogP contribution in [0.15, 0.2) is 30.3 Å². The molecule has 2 bridgehead atoms. The summed E-state index contributed by atoms with van der Waals surface area (Å²) < 4.78 is 0. The van der Waals surface area contributed by atoms with Gasteiger partial charge in [-0.25, -0.2) is 0 Å². The van der Waals surface area contributed by atoms with Crippen molar-refractivity contribution < 1.29 is 4.79 Å². The number of aromatic amines is 1. The minimum Gasteiger partial charge on any atom is -0.351 e. The summed E-state index contributed by atoms with van der Waals surface area (Å²) in [6.45, 7) is 3.30. The molecule has 2 N–H and O–H groups in total. The molecule has 6 heteroatoms. The molecule has 1 unspecified atom stereocenters. The van der Waals surface area contributed by atoms with Gasteiger partial charge in [0.15, 0.2) is 0 Å². The lowest BCUT2D eigenvalue weighted by Crippen LogP contribution is -2.57. The van der Waals surface area contributed by atoms with Gasteiger partial charge >= 0.3 is 0 Å². The number of hydrogen-bond donors (Lipinski definition) is 2. The number of halogens is 2. The third-order valence-corrected chi connectivity index (χ3v) is 5.87. The Balaban J connectivity index is 1.48. The summed E-state index contributed by atoms with van der Waals surface area (Å²) in [7, 11) is 0. The molecule has 1 atom stereocenters. The first-order valence-corrected chi connectivity index (χ1v) is 9.03. The number of benzene rings is 1. The Hall–Kier alpha value is -1.49. The molecule has 24 heavy (non-hydrogen) atoms. The van der Waals surface area contributed by atoms with Crippen LogP contribution in [0.5, 0.6) is 0 Å².